The van der Waals surface area contributed by atoms with Gasteiger partial charge in [0.15, 0.2) is 6.29 Å². The zero-order chi connectivity index (χ0) is 15.5. The maximum absolute atomic E-state index is 5.85. The minimum absolute atomic E-state index is 0.0252. The summed E-state index contributed by atoms with van der Waals surface area (Å²) in [6, 6.07) is 8.92. The summed E-state index contributed by atoms with van der Waals surface area (Å²) < 4.78 is 13.7. The van der Waals surface area contributed by atoms with Gasteiger partial charge < -0.3 is 9.47 Å². The van der Waals surface area contributed by atoms with Gasteiger partial charge in [0.25, 0.3) is 0 Å². The maximum atomic E-state index is 5.85. The van der Waals surface area contributed by atoms with Crippen LogP contribution in [0.15, 0.2) is 30.5 Å². The van der Waals surface area contributed by atoms with Crippen molar-refractivity contribution in [2.45, 2.75) is 38.0 Å². The summed E-state index contributed by atoms with van der Waals surface area (Å²) in [6.07, 6.45) is 6.60. The average molecular weight is 315 g/mol. The summed E-state index contributed by atoms with van der Waals surface area (Å²) in [6.45, 7) is 4.77. The van der Waals surface area contributed by atoms with Crippen LogP contribution < -0.4 is 0 Å². The van der Waals surface area contributed by atoms with E-state index in [4.69, 9.17) is 9.47 Å². The van der Waals surface area contributed by atoms with Gasteiger partial charge in [-0.3, -0.25) is 9.58 Å². The first-order chi connectivity index (χ1) is 11.4. The van der Waals surface area contributed by atoms with E-state index in [1.54, 1.807) is 0 Å². The number of ether oxygens (including phenoxy) is 2. The molecule has 5 nitrogen and oxygen atoms in total. The zero-order valence-electron chi connectivity index (χ0n) is 13.6. The zero-order valence-corrected chi connectivity index (χ0v) is 13.6. The third-order valence-corrected chi connectivity index (χ3v) is 4.95. The quantitative estimate of drug-likeness (QED) is 0.850. The number of nitrogens with zero attached hydrogens (tertiary/aromatic N) is 3. The van der Waals surface area contributed by atoms with Gasteiger partial charge in [-0.25, -0.2) is 0 Å². The first-order valence-corrected chi connectivity index (χ1v) is 8.78. The molecule has 0 saturated carbocycles. The Balaban J connectivity index is 1.29. The van der Waals surface area contributed by atoms with E-state index in [1.165, 1.54) is 23.7 Å². The molecule has 5 heteroatoms. The molecule has 0 amide bonds. The average Bonchev–Trinajstić information content (AvgIpc) is 3.22. The first kappa shape index (κ1) is 15.1. The molecule has 2 saturated heterocycles. The highest BCUT2D eigenvalue weighted by atomic mass is 16.7. The van der Waals surface area contributed by atoms with Crippen molar-refractivity contribution in [3.8, 4) is 0 Å². The monoisotopic (exact) mass is 315 g/mol. The number of hydrogen-bond donors (Lipinski definition) is 0. The molecular formula is C18H25N3O2. The summed E-state index contributed by atoms with van der Waals surface area (Å²) in [5, 5.41) is 5.83. The molecule has 2 aliphatic heterocycles. The Morgan fingerprint density at radius 3 is 3.09 bits per heavy atom. The van der Waals surface area contributed by atoms with E-state index in [0.717, 1.165) is 45.7 Å². The van der Waals surface area contributed by atoms with Crippen LogP contribution in [0.4, 0.5) is 0 Å². The Morgan fingerprint density at radius 2 is 2.17 bits per heavy atom. The molecule has 0 spiro atoms. The van der Waals surface area contributed by atoms with E-state index >= 15 is 0 Å². The Bertz CT molecular complexity index is 636. The number of benzene rings is 1. The number of aromatic nitrogens is 2. The summed E-state index contributed by atoms with van der Waals surface area (Å²) in [4.78, 5) is 2.48. The second-order valence-electron chi connectivity index (χ2n) is 6.56. The van der Waals surface area contributed by atoms with Crippen LogP contribution in [-0.4, -0.2) is 53.8 Å². The smallest absolute Gasteiger partial charge is 0.157 e. The standard InChI is InChI=1S/C18H25N3O2/c1-2-6-17-15(5-1)13-19-21(17)16-8-9-20(14-16)10-12-23-18-7-3-4-11-22-18/h1-2,5-6,13,16,18H,3-4,7-12,14H2/t16-,18+/m0/s1. The molecule has 1 aromatic heterocycles. The van der Waals surface area contributed by atoms with E-state index in [1.807, 2.05) is 6.20 Å². The summed E-state index contributed by atoms with van der Waals surface area (Å²) in [5.41, 5.74) is 1.24. The Hall–Kier alpha value is -1.43. The fourth-order valence-corrected chi connectivity index (χ4v) is 3.65. The van der Waals surface area contributed by atoms with Crippen LogP contribution >= 0.6 is 0 Å². The molecule has 0 unspecified atom stereocenters. The predicted molar refractivity (Wildman–Crippen MR) is 89.4 cm³/mol. The Morgan fingerprint density at radius 1 is 1.22 bits per heavy atom. The molecule has 2 atom stereocenters. The van der Waals surface area contributed by atoms with Crippen LogP contribution in [0.25, 0.3) is 10.9 Å². The number of rotatable bonds is 5. The highest BCUT2D eigenvalue weighted by Crippen LogP contribution is 2.25. The maximum Gasteiger partial charge on any atom is 0.157 e. The lowest BCUT2D eigenvalue weighted by molar-refractivity contribution is -0.163. The normalized spacial score (nSPS) is 26.1. The van der Waals surface area contributed by atoms with Crippen molar-refractivity contribution in [3.63, 3.8) is 0 Å². The molecule has 0 aliphatic carbocycles. The minimum atomic E-state index is 0.0252. The third kappa shape index (κ3) is 3.42. The largest absolute Gasteiger partial charge is 0.353 e. The lowest BCUT2D eigenvalue weighted by Crippen LogP contribution is -2.29. The number of likely N-dealkylation sites (tertiary alicyclic amines) is 1. The van der Waals surface area contributed by atoms with Crippen molar-refractivity contribution in [3.05, 3.63) is 30.5 Å². The van der Waals surface area contributed by atoms with Gasteiger partial charge in [0.1, 0.15) is 0 Å². The van der Waals surface area contributed by atoms with Gasteiger partial charge in [-0.15, -0.1) is 0 Å². The lowest BCUT2D eigenvalue weighted by atomic mass is 10.2. The Kier molecular flexibility index (Phi) is 4.60. The molecule has 3 heterocycles. The van der Waals surface area contributed by atoms with E-state index in [0.29, 0.717) is 6.04 Å². The van der Waals surface area contributed by atoms with Crippen LogP contribution in [0.3, 0.4) is 0 Å². The second kappa shape index (κ2) is 6.99. The fourth-order valence-electron chi connectivity index (χ4n) is 3.65. The van der Waals surface area contributed by atoms with E-state index < -0.39 is 0 Å². The van der Waals surface area contributed by atoms with Gasteiger partial charge in [0.05, 0.1) is 24.4 Å². The van der Waals surface area contributed by atoms with Crippen molar-refractivity contribution < 1.29 is 9.47 Å². The van der Waals surface area contributed by atoms with Crippen LogP contribution in [-0.2, 0) is 9.47 Å². The summed E-state index contributed by atoms with van der Waals surface area (Å²) >= 11 is 0. The van der Waals surface area contributed by atoms with Gasteiger partial charge >= 0.3 is 0 Å². The van der Waals surface area contributed by atoms with E-state index in [9.17, 15) is 0 Å². The van der Waals surface area contributed by atoms with Gasteiger partial charge in [0, 0.05) is 31.6 Å². The second-order valence-corrected chi connectivity index (χ2v) is 6.56. The van der Waals surface area contributed by atoms with Gasteiger partial charge in [-0.1, -0.05) is 18.2 Å². The van der Waals surface area contributed by atoms with Gasteiger partial charge in [0.2, 0.25) is 0 Å². The molecule has 1 aromatic carbocycles. The summed E-state index contributed by atoms with van der Waals surface area (Å²) in [5.74, 6) is 0. The van der Waals surface area contributed by atoms with Gasteiger partial charge in [-0.2, -0.15) is 5.10 Å². The molecular weight excluding hydrogens is 290 g/mol. The molecule has 0 bridgehead atoms. The van der Waals surface area contributed by atoms with Crippen molar-refractivity contribution in [1.82, 2.24) is 14.7 Å². The van der Waals surface area contributed by atoms with Crippen molar-refractivity contribution in [2.24, 2.45) is 0 Å². The molecule has 2 fully saturated rings. The molecule has 2 aliphatic rings. The minimum Gasteiger partial charge on any atom is -0.353 e. The number of fused-ring (bicyclic) bond motifs is 1. The summed E-state index contributed by atoms with van der Waals surface area (Å²) in [7, 11) is 0. The predicted octanol–water partition coefficient (Wildman–Crippen LogP) is 2.83. The molecule has 0 N–H and O–H groups in total. The van der Waals surface area contributed by atoms with Crippen LogP contribution in [0.2, 0.25) is 0 Å². The fraction of sp³-hybridized carbons (Fsp3) is 0.611. The van der Waals surface area contributed by atoms with Crippen molar-refractivity contribution in [2.75, 3.05) is 32.8 Å². The van der Waals surface area contributed by atoms with Crippen molar-refractivity contribution >= 4 is 10.9 Å². The highest BCUT2D eigenvalue weighted by molar-refractivity contribution is 5.78. The first-order valence-electron chi connectivity index (χ1n) is 8.78. The third-order valence-electron chi connectivity index (χ3n) is 4.95. The molecule has 0 radical (unpaired) electrons. The molecule has 4 rings (SSSR count). The van der Waals surface area contributed by atoms with Crippen molar-refractivity contribution in [1.29, 1.82) is 0 Å². The topological polar surface area (TPSA) is 39.5 Å². The number of para-hydroxylation sites is 1. The van der Waals surface area contributed by atoms with Gasteiger partial charge in [-0.05, 0) is 31.7 Å². The van der Waals surface area contributed by atoms with Crippen LogP contribution in [0, 0.1) is 0 Å². The highest BCUT2D eigenvalue weighted by Gasteiger charge is 2.25. The molecule has 2 aromatic rings. The van der Waals surface area contributed by atoms with E-state index in [2.05, 4.69) is 38.9 Å². The van der Waals surface area contributed by atoms with E-state index in [-0.39, 0.29) is 6.29 Å². The van der Waals surface area contributed by atoms with Crippen LogP contribution in [0.5, 0.6) is 0 Å². The Labute approximate surface area is 137 Å². The lowest BCUT2D eigenvalue weighted by Gasteiger charge is -2.24. The molecule has 124 valence electrons. The molecule has 23 heavy (non-hydrogen) atoms. The van der Waals surface area contributed by atoms with Crippen LogP contribution in [0.1, 0.15) is 31.7 Å². The number of hydrogen-bond acceptors (Lipinski definition) is 4. The SMILES string of the molecule is c1ccc2c(c1)cnn2[C@H]1CCN(CCO[C@@H]2CCCCO2)C1.